The molecule has 1 aliphatic rings. The Labute approximate surface area is 131 Å². The maximum absolute atomic E-state index is 12.3. The van der Waals surface area contributed by atoms with Crippen molar-refractivity contribution < 1.29 is 4.79 Å². The van der Waals surface area contributed by atoms with Crippen molar-refractivity contribution in [2.24, 2.45) is 0 Å². The van der Waals surface area contributed by atoms with Gasteiger partial charge < -0.3 is 10.6 Å². The molecular weight excluding hydrogens is 304 g/mol. The highest BCUT2D eigenvalue weighted by molar-refractivity contribution is 8.02. The summed E-state index contributed by atoms with van der Waals surface area (Å²) in [6, 6.07) is 7.97. The standard InChI is InChI=1S/C14H16N4OS2/c1-2-15-13-17-18-14(21-13)20-11-8-7-9-5-3-4-6-10(9)16-12(11)19/h3-6,11H,2,7-8H2,1H3,(H,15,17)(H,16,19). The molecule has 0 bridgehead atoms. The lowest BCUT2D eigenvalue weighted by Crippen LogP contribution is -2.23. The van der Waals surface area contributed by atoms with E-state index in [1.165, 1.54) is 28.7 Å². The van der Waals surface area contributed by atoms with Crippen LogP contribution in [0.4, 0.5) is 10.8 Å². The second-order valence-corrected chi connectivity index (χ2v) is 7.12. The number of benzene rings is 1. The highest BCUT2D eigenvalue weighted by Gasteiger charge is 2.25. The van der Waals surface area contributed by atoms with Gasteiger partial charge in [-0.1, -0.05) is 41.3 Å². The molecule has 1 amide bonds. The Morgan fingerprint density at radius 2 is 2.29 bits per heavy atom. The van der Waals surface area contributed by atoms with Crippen molar-refractivity contribution in [1.29, 1.82) is 0 Å². The third-order valence-electron chi connectivity index (χ3n) is 3.22. The van der Waals surface area contributed by atoms with Gasteiger partial charge in [-0.25, -0.2) is 0 Å². The number of thioether (sulfide) groups is 1. The number of rotatable bonds is 4. The molecule has 0 fully saturated rings. The number of carbonyl (C=O) groups is 1. The highest BCUT2D eigenvalue weighted by atomic mass is 32.2. The highest BCUT2D eigenvalue weighted by Crippen LogP contribution is 2.34. The molecule has 110 valence electrons. The third-order valence-corrected chi connectivity index (χ3v) is 5.45. The van der Waals surface area contributed by atoms with E-state index in [2.05, 4.69) is 26.9 Å². The van der Waals surface area contributed by atoms with Crippen LogP contribution in [0.1, 0.15) is 18.9 Å². The number of fused-ring (bicyclic) bond motifs is 1. The van der Waals surface area contributed by atoms with Crippen LogP contribution in [0.2, 0.25) is 0 Å². The van der Waals surface area contributed by atoms with Crippen LogP contribution in [0.25, 0.3) is 0 Å². The summed E-state index contributed by atoms with van der Waals surface area (Å²) in [7, 11) is 0. The Balaban J connectivity index is 1.70. The van der Waals surface area contributed by atoms with Gasteiger partial charge in [0.15, 0.2) is 4.34 Å². The molecule has 0 saturated carbocycles. The van der Waals surface area contributed by atoms with Gasteiger partial charge in [-0.3, -0.25) is 4.79 Å². The van der Waals surface area contributed by atoms with E-state index in [-0.39, 0.29) is 11.2 Å². The zero-order valence-corrected chi connectivity index (χ0v) is 13.3. The van der Waals surface area contributed by atoms with E-state index in [0.29, 0.717) is 0 Å². The van der Waals surface area contributed by atoms with Gasteiger partial charge in [0, 0.05) is 12.2 Å². The number of anilines is 2. The van der Waals surface area contributed by atoms with Gasteiger partial charge >= 0.3 is 0 Å². The fourth-order valence-electron chi connectivity index (χ4n) is 2.21. The first-order valence-corrected chi connectivity index (χ1v) is 8.58. The van der Waals surface area contributed by atoms with Gasteiger partial charge in [-0.05, 0) is 31.4 Å². The molecule has 1 aliphatic heterocycles. The largest absolute Gasteiger partial charge is 0.360 e. The monoisotopic (exact) mass is 320 g/mol. The van der Waals surface area contributed by atoms with Crippen molar-refractivity contribution in [2.75, 3.05) is 17.2 Å². The number of aromatic nitrogens is 2. The van der Waals surface area contributed by atoms with Crippen molar-refractivity contribution >= 4 is 39.8 Å². The van der Waals surface area contributed by atoms with Crippen molar-refractivity contribution in [3.63, 3.8) is 0 Å². The molecule has 2 N–H and O–H groups in total. The Kier molecular flexibility index (Phi) is 4.40. The molecule has 0 radical (unpaired) electrons. The van der Waals surface area contributed by atoms with Gasteiger partial charge in [-0.2, -0.15) is 0 Å². The van der Waals surface area contributed by atoms with E-state index in [1.807, 2.05) is 25.1 Å². The average Bonchev–Trinajstić information content (AvgIpc) is 2.85. The van der Waals surface area contributed by atoms with Crippen LogP contribution in [0.3, 0.4) is 0 Å². The zero-order chi connectivity index (χ0) is 14.7. The maximum Gasteiger partial charge on any atom is 0.237 e. The molecule has 1 unspecified atom stereocenters. The minimum Gasteiger partial charge on any atom is -0.360 e. The van der Waals surface area contributed by atoms with Crippen molar-refractivity contribution in [2.45, 2.75) is 29.4 Å². The third kappa shape index (κ3) is 3.36. The van der Waals surface area contributed by atoms with Crippen LogP contribution in [0.5, 0.6) is 0 Å². The Hall–Kier alpha value is -1.60. The summed E-state index contributed by atoms with van der Waals surface area (Å²) in [5.74, 6) is 0.0464. The number of hydrogen-bond donors (Lipinski definition) is 2. The van der Waals surface area contributed by atoms with E-state index in [0.717, 1.165) is 34.5 Å². The predicted octanol–water partition coefficient (Wildman–Crippen LogP) is 3.02. The summed E-state index contributed by atoms with van der Waals surface area (Å²) in [5, 5.41) is 15.0. The molecule has 21 heavy (non-hydrogen) atoms. The number of aryl methyl sites for hydroxylation is 1. The summed E-state index contributed by atoms with van der Waals surface area (Å²) >= 11 is 2.99. The van der Waals surface area contributed by atoms with E-state index in [1.54, 1.807) is 0 Å². The molecule has 7 heteroatoms. The minimum absolute atomic E-state index is 0.0464. The minimum atomic E-state index is -0.125. The first-order valence-electron chi connectivity index (χ1n) is 6.89. The molecule has 1 aromatic carbocycles. The number of nitrogens with one attached hydrogen (secondary N) is 2. The van der Waals surface area contributed by atoms with Crippen molar-refractivity contribution in [1.82, 2.24) is 10.2 Å². The summed E-state index contributed by atoms with van der Waals surface area (Å²) in [5.41, 5.74) is 2.12. The fourth-order valence-corrected chi connectivity index (χ4v) is 4.26. The lowest BCUT2D eigenvalue weighted by Gasteiger charge is -2.10. The predicted molar refractivity (Wildman–Crippen MR) is 87.1 cm³/mol. The number of para-hydroxylation sites is 1. The molecule has 2 heterocycles. The van der Waals surface area contributed by atoms with E-state index < -0.39 is 0 Å². The number of hydrogen-bond acceptors (Lipinski definition) is 6. The molecule has 1 atom stereocenters. The fraction of sp³-hybridized carbons (Fsp3) is 0.357. The lowest BCUT2D eigenvalue weighted by molar-refractivity contribution is -0.115. The second kappa shape index (κ2) is 6.44. The van der Waals surface area contributed by atoms with Gasteiger partial charge in [0.2, 0.25) is 11.0 Å². The maximum atomic E-state index is 12.3. The molecular formula is C14H16N4OS2. The number of carbonyl (C=O) groups excluding carboxylic acids is 1. The molecule has 1 aromatic heterocycles. The zero-order valence-electron chi connectivity index (χ0n) is 11.6. The van der Waals surface area contributed by atoms with Crippen LogP contribution in [-0.2, 0) is 11.2 Å². The van der Waals surface area contributed by atoms with Crippen LogP contribution in [0, 0.1) is 0 Å². The Morgan fingerprint density at radius 1 is 1.43 bits per heavy atom. The normalized spacial score (nSPS) is 17.8. The summed E-state index contributed by atoms with van der Waals surface area (Å²) in [6.45, 7) is 2.84. The number of nitrogens with zero attached hydrogens (tertiary/aromatic N) is 2. The SMILES string of the molecule is CCNc1nnc(SC2CCc3ccccc3NC2=O)s1. The molecule has 0 aliphatic carbocycles. The van der Waals surface area contributed by atoms with Crippen molar-refractivity contribution in [3.8, 4) is 0 Å². The first-order chi connectivity index (χ1) is 10.3. The lowest BCUT2D eigenvalue weighted by atomic mass is 10.1. The summed E-state index contributed by atoms with van der Waals surface area (Å²) in [6.07, 6.45) is 1.70. The van der Waals surface area contributed by atoms with Crippen LogP contribution < -0.4 is 10.6 Å². The van der Waals surface area contributed by atoms with Crippen LogP contribution in [-0.4, -0.2) is 27.9 Å². The van der Waals surface area contributed by atoms with Crippen LogP contribution >= 0.6 is 23.1 Å². The molecule has 2 aromatic rings. The van der Waals surface area contributed by atoms with E-state index in [4.69, 9.17) is 0 Å². The second-order valence-electron chi connectivity index (χ2n) is 4.70. The quantitative estimate of drug-likeness (QED) is 0.906. The van der Waals surface area contributed by atoms with Crippen LogP contribution in [0.15, 0.2) is 28.6 Å². The van der Waals surface area contributed by atoms with Gasteiger partial charge in [0.05, 0.1) is 5.25 Å². The molecule has 0 spiro atoms. The smallest absolute Gasteiger partial charge is 0.237 e. The Bertz CT molecular complexity index is 643. The van der Waals surface area contributed by atoms with Crippen molar-refractivity contribution in [3.05, 3.63) is 29.8 Å². The average molecular weight is 320 g/mol. The Morgan fingerprint density at radius 3 is 3.14 bits per heavy atom. The first kappa shape index (κ1) is 14.3. The van der Waals surface area contributed by atoms with Gasteiger partial charge in [-0.15, -0.1) is 10.2 Å². The number of amides is 1. The van der Waals surface area contributed by atoms with E-state index in [9.17, 15) is 4.79 Å². The van der Waals surface area contributed by atoms with Gasteiger partial charge in [0.25, 0.3) is 0 Å². The molecule has 5 nitrogen and oxygen atoms in total. The summed E-state index contributed by atoms with van der Waals surface area (Å²) in [4.78, 5) is 12.3. The topological polar surface area (TPSA) is 66.9 Å². The van der Waals surface area contributed by atoms with Gasteiger partial charge in [0.1, 0.15) is 0 Å². The molecule has 3 rings (SSSR count). The molecule has 0 saturated heterocycles. The van der Waals surface area contributed by atoms with E-state index >= 15 is 0 Å². The summed E-state index contributed by atoms with van der Waals surface area (Å²) < 4.78 is 0.831.